The number of hydrogen-bond donors (Lipinski definition) is 0. The number of thioether (sulfide) groups is 1. The fourth-order valence-electron chi connectivity index (χ4n) is 3.47. The second-order valence-electron chi connectivity index (χ2n) is 7.36. The van der Waals surface area contributed by atoms with Gasteiger partial charge >= 0.3 is 5.97 Å². The fraction of sp³-hybridized carbons (Fsp3) is 0.455. The van der Waals surface area contributed by atoms with E-state index < -0.39 is 0 Å². The molecule has 2 aromatic rings. The Balaban J connectivity index is 1.60. The number of nitrogens with zero attached hydrogens (tertiary/aromatic N) is 3. The van der Waals surface area contributed by atoms with Crippen molar-refractivity contribution in [3.05, 3.63) is 46.4 Å². The van der Waals surface area contributed by atoms with Gasteiger partial charge in [0.1, 0.15) is 0 Å². The highest BCUT2D eigenvalue weighted by Gasteiger charge is 2.30. The number of aromatic nitrogens is 1. The third kappa shape index (κ3) is 6.30. The number of carbonyl (C=O) groups is 3. The van der Waals surface area contributed by atoms with E-state index in [0.29, 0.717) is 31.0 Å². The Morgan fingerprint density at radius 1 is 1.32 bits per heavy atom. The average molecular weight is 462 g/mol. The summed E-state index contributed by atoms with van der Waals surface area (Å²) in [4.78, 5) is 46.1. The average Bonchev–Trinajstić information content (AvgIpc) is 3.31. The van der Waals surface area contributed by atoms with Crippen molar-refractivity contribution in [2.24, 2.45) is 5.92 Å². The number of thiazole rings is 1. The van der Waals surface area contributed by atoms with Crippen LogP contribution in [-0.2, 0) is 20.1 Å². The number of hydrogen-bond acceptors (Lipinski definition) is 7. The third-order valence-corrected chi connectivity index (χ3v) is 6.83. The first-order valence-corrected chi connectivity index (χ1v) is 12.2. The molecule has 1 saturated heterocycles. The number of esters is 1. The van der Waals surface area contributed by atoms with Crippen LogP contribution in [0.15, 0.2) is 40.1 Å². The molecule has 0 radical (unpaired) electrons. The van der Waals surface area contributed by atoms with E-state index in [1.165, 1.54) is 4.90 Å². The lowest BCUT2D eigenvalue weighted by atomic mass is 9.98. The van der Waals surface area contributed by atoms with Crippen LogP contribution in [0.25, 0.3) is 0 Å². The fourth-order valence-corrected chi connectivity index (χ4v) is 5.08. The van der Waals surface area contributed by atoms with Gasteiger partial charge in [-0.25, -0.2) is 4.98 Å². The maximum atomic E-state index is 13.1. The molecule has 7 nitrogen and oxygen atoms in total. The summed E-state index contributed by atoms with van der Waals surface area (Å²) in [5, 5.41) is 1.99. The maximum absolute atomic E-state index is 13.1. The summed E-state index contributed by atoms with van der Waals surface area (Å²) < 4.78 is 5.10. The number of piperidine rings is 1. The van der Waals surface area contributed by atoms with Gasteiger partial charge in [-0.15, -0.1) is 23.1 Å². The first-order valence-electron chi connectivity index (χ1n) is 10.3. The molecule has 1 atom stereocenters. The molecule has 1 aromatic heterocycles. The minimum atomic E-state index is -0.290. The number of rotatable bonds is 8. The van der Waals surface area contributed by atoms with E-state index >= 15 is 0 Å². The molecule has 2 amide bonds. The molecule has 0 spiro atoms. The van der Waals surface area contributed by atoms with Crippen LogP contribution >= 0.6 is 23.1 Å². The molecule has 1 aromatic carbocycles. The lowest BCUT2D eigenvalue weighted by Crippen LogP contribution is -2.47. The van der Waals surface area contributed by atoms with Crippen molar-refractivity contribution in [3.8, 4) is 0 Å². The Morgan fingerprint density at radius 3 is 2.87 bits per heavy atom. The van der Waals surface area contributed by atoms with Gasteiger partial charge in [-0.2, -0.15) is 0 Å². The van der Waals surface area contributed by atoms with Crippen LogP contribution in [0.4, 0.5) is 0 Å². The summed E-state index contributed by atoms with van der Waals surface area (Å²) in [6.07, 6.45) is 1.48. The predicted octanol–water partition coefficient (Wildman–Crippen LogP) is 3.31. The summed E-state index contributed by atoms with van der Waals surface area (Å²) in [5.41, 5.74) is 3.34. The standard InChI is InChI=1S/C22H27N3O4S2/c1-3-29-22(28)16-7-6-10-25(11-16)20(26)12-24(2)21(27)18-8-4-5-9-19(18)31-14-17-13-30-15-23-17/h4-5,8-9,13,15-16H,3,6-7,10-12,14H2,1-2H3. The molecule has 1 unspecified atom stereocenters. The van der Waals surface area contributed by atoms with E-state index in [9.17, 15) is 14.4 Å². The first-order chi connectivity index (χ1) is 15.0. The SMILES string of the molecule is CCOC(=O)C1CCCN(C(=O)CN(C)C(=O)c2ccccc2SCc2cscn2)C1. The number of amides is 2. The molecule has 0 aliphatic carbocycles. The summed E-state index contributed by atoms with van der Waals surface area (Å²) in [6.45, 7) is 3.02. The van der Waals surface area contributed by atoms with Crippen molar-refractivity contribution in [1.82, 2.24) is 14.8 Å². The summed E-state index contributed by atoms with van der Waals surface area (Å²) in [5.74, 6) is -0.220. The zero-order valence-electron chi connectivity index (χ0n) is 17.8. The Morgan fingerprint density at radius 2 is 2.13 bits per heavy atom. The minimum absolute atomic E-state index is 0.0283. The van der Waals surface area contributed by atoms with Gasteiger partial charge in [-0.3, -0.25) is 14.4 Å². The smallest absolute Gasteiger partial charge is 0.310 e. The van der Waals surface area contributed by atoms with Crippen LogP contribution in [-0.4, -0.2) is 65.9 Å². The van der Waals surface area contributed by atoms with Gasteiger partial charge in [0.15, 0.2) is 0 Å². The largest absolute Gasteiger partial charge is 0.466 e. The quantitative estimate of drug-likeness (QED) is 0.443. The summed E-state index contributed by atoms with van der Waals surface area (Å²) in [7, 11) is 1.63. The second-order valence-corrected chi connectivity index (χ2v) is 9.09. The Hall–Kier alpha value is -2.39. The van der Waals surface area contributed by atoms with Crippen molar-refractivity contribution in [1.29, 1.82) is 0 Å². The zero-order chi connectivity index (χ0) is 22.2. The molecule has 166 valence electrons. The number of likely N-dealkylation sites (N-methyl/N-ethyl adjacent to an activating group) is 1. The van der Waals surface area contributed by atoms with Crippen LogP contribution in [0.1, 0.15) is 35.8 Å². The number of carbonyl (C=O) groups excluding carboxylic acids is 3. The highest BCUT2D eigenvalue weighted by atomic mass is 32.2. The molecule has 1 fully saturated rings. The van der Waals surface area contributed by atoms with Crippen molar-refractivity contribution >= 4 is 40.9 Å². The predicted molar refractivity (Wildman–Crippen MR) is 121 cm³/mol. The van der Waals surface area contributed by atoms with Gasteiger partial charge in [-0.05, 0) is 31.9 Å². The molecule has 1 aliphatic heterocycles. The van der Waals surface area contributed by atoms with E-state index in [1.807, 2.05) is 23.6 Å². The van der Waals surface area contributed by atoms with Gasteiger partial charge in [0.25, 0.3) is 5.91 Å². The van der Waals surface area contributed by atoms with E-state index in [1.54, 1.807) is 53.5 Å². The Labute approximate surface area is 190 Å². The number of benzene rings is 1. The van der Waals surface area contributed by atoms with Crippen molar-refractivity contribution < 1.29 is 19.1 Å². The lowest BCUT2D eigenvalue weighted by molar-refractivity contribution is -0.151. The van der Waals surface area contributed by atoms with Gasteiger partial charge < -0.3 is 14.5 Å². The van der Waals surface area contributed by atoms with E-state index in [2.05, 4.69) is 4.98 Å². The van der Waals surface area contributed by atoms with Gasteiger partial charge in [0, 0.05) is 36.2 Å². The lowest BCUT2D eigenvalue weighted by Gasteiger charge is -2.32. The van der Waals surface area contributed by atoms with Crippen LogP contribution in [0.5, 0.6) is 0 Å². The van der Waals surface area contributed by atoms with E-state index in [4.69, 9.17) is 4.74 Å². The molecule has 31 heavy (non-hydrogen) atoms. The Bertz CT molecular complexity index is 904. The van der Waals surface area contributed by atoms with Gasteiger partial charge in [0.05, 0.1) is 35.8 Å². The van der Waals surface area contributed by atoms with Crippen molar-refractivity contribution in [2.75, 3.05) is 33.3 Å². The molecule has 0 saturated carbocycles. The highest BCUT2D eigenvalue weighted by Crippen LogP contribution is 2.27. The van der Waals surface area contributed by atoms with Gasteiger partial charge in [-0.1, -0.05) is 12.1 Å². The number of ether oxygens (including phenoxy) is 1. The van der Waals surface area contributed by atoms with Crippen LogP contribution in [0.3, 0.4) is 0 Å². The highest BCUT2D eigenvalue weighted by molar-refractivity contribution is 7.98. The minimum Gasteiger partial charge on any atom is -0.466 e. The van der Waals surface area contributed by atoms with Crippen LogP contribution in [0.2, 0.25) is 0 Å². The maximum Gasteiger partial charge on any atom is 0.310 e. The Kier molecular flexibility index (Phi) is 8.48. The molecule has 0 bridgehead atoms. The molecule has 0 N–H and O–H groups in total. The van der Waals surface area contributed by atoms with E-state index in [0.717, 1.165) is 23.4 Å². The molecule has 1 aliphatic rings. The molecular formula is C22H27N3O4S2. The van der Waals surface area contributed by atoms with Crippen LogP contribution in [0, 0.1) is 5.92 Å². The molecule has 9 heteroatoms. The zero-order valence-corrected chi connectivity index (χ0v) is 19.4. The molecule has 3 rings (SSSR count). The topological polar surface area (TPSA) is 79.8 Å². The van der Waals surface area contributed by atoms with Crippen molar-refractivity contribution in [3.63, 3.8) is 0 Å². The van der Waals surface area contributed by atoms with E-state index in [-0.39, 0.29) is 30.2 Å². The summed E-state index contributed by atoms with van der Waals surface area (Å²) in [6, 6.07) is 7.41. The van der Waals surface area contributed by atoms with Crippen LogP contribution < -0.4 is 0 Å². The summed E-state index contributed by atoms with van der Waals surface area (Å²) >= 11 is 3.10. The van der Waals surface area contributed by atoms with Crippen molar-refractivity contribution in [2.45, 2.75) is 30.4 Å². The third-order valence-electron chi connectivity index (χ3n) is 5.09. The first kappa shape index (κ1) is 23.3. The normalized spacial score (nSPS) is 16.1. The molecule has 2 heterocycles. The van der Waals surface area contributed by atoms with Gasteiger partial charge in [0.2, 0.25) is 5.91 Å². The monoisotopic (exact) mass is 461 g/mol. The molecular weight excluding hydrogens is 434 g/mol. The second kappa shape index (κ2) is 11.3. The number of likely N-dealkylation sites (tertiary alicyclic amines) is 1.